The fraction of sp³-hybridized carbons (Fsp3) is 0.0769. The summed E-state index contributed by atoms with van der Waals surface area (Å²) in [7, 11) is 0. The molecule has 0 radical (unpaired) electrons. The van der Waals surface area contributed by atoms with Crippen molar-refractivity contribution in [1.82, 2.24) is 0 Å². The van der Waals surface area contributed by atoms with Crippen molar-refractivity contribution in [2.24, 2.45) is 0 Å². The zero-order valence-electron chi connectivity index (χ0n) is 8.60. The van der Waals surface area contributed by atoms with Crippen LogP contribution in [0.5, 0.6) is 0 Å². The van der Waals surface area contributed by atoms with E-state index in [0.717, 1.165) is 5.56 Å². The highest BCUT2D eigenvalue weighted by molar-refractivity contribution is 6.30. The maximum Gasteiger partial charge on any atom is 0.132 e. The van der Waals surface area contributed by atoms with Gasteiger partial charge < -0.3 is 0 Å². The molecule has 3 heteroatoms. The van der Waals surface area contributed by atoms with E-state index < -0.39 is 5.82 Å². The van der Waals surface area contributed by atoms with Gasteiger partial charge in [-0.25, -0.2) is 8.78 Å². The van der Waals surface area contributed by atoms with Crippen LogP contribution in [0.2, 0.25) is 5.02 Å². The molecule has 0 saturated carbocycles. The maximum atomic E-state index is 13.6. The molecule has 2 aromatic rings. The largest absolute Gasteiger partial charge is 0.207 e. The maximum absolute atomic E-state index is 13.6. The van der Waals surface area contributed by atoms with Gasteiger partial charge in [-0.3, -0.25) is 0 Å². The normalized spacial score (nSPS) is 10.5. The summed E-state index contributed by atoms with van der Waals surface area (Å²) in [5.41, 5.74) is 1.73. The lowest BCUT2D eigenvalue weighted by Crippen LogP contribution is -1.89. The Balaban J connectivity index is 2.62. The molecule has 0 heterocycles. The third kappa shape index (κ3) is 2.07. The fourth-order valence-corrected chi connectivity index (χ4v) is 1.75. The highest BCUT2D eigenvalue weighted by atomic mass is 35.5. The first-order chi connectivity index (χ1) is 7.58. The number of aryl methyl sites for hydroxylation is 1. The number of halogens is 3. The van der Waals surface area contributed by atoms with E-state index in [1.807, 2.05) is 6.92 Å². The van der Waals surface area contributed by atoms with Crippen LogP contribution in [0.25, 0.3) is 11.1 Å². The minimum absolute atomic E-state index is 0.329. The number of hydrogen-bond acceptors (Lipinski definition) is 0. The third-order valence-electron chi connectivity index (χ3n) is 2.42. The van der Waals surface area contributed by atoms with E-state index in [4.69, 9.17) is 11.6 Å². The van der Waals surface area contributed by atoms with Crippen molar-refractivity contribution < 1.29 is 8.78 Å². The molecule has 0 aliphatic rings. The molecular formula is C13H9ClF2. The van der Waals surface area contributed by atoms with Gasteiger partial charge in [-0.1, -0.05) is 17.7 Å². The Morgan fingerprint density at radius 1 is 0.938 bits per heavy atom. The van der Waals surface area contributed by atoms with Crippen LogP contribution in [0.15, 0.2) is 36.4 Å². The number of benzene rings is 2. The van der Waals surface area contributed by atoms with Gasteiger partial charge in [0, 0.05) is 10.6 Å². The molecule has 0 aliphatic carbocycles. The molecule has 0 unspecified atom stereocenters. The fourth-order valence-electron chi connectivity index (χ4n) is 1.59. The van der Waals surface area contributed by atoms with E-state index in [-0.39, 0.29) is 5.82 Å². The Kier molecular flexibility index (Phi) is 2.92. The molecule has 0 aromatic heterocycles. The van der Waals surface area contributed by atoms with Gasteiger partial charge in [-0.05, 0) is 48.4 Å². The molecule has 0 spiro atoms. The van der Waals surface area contributed by atoms with Crippen LogP contribution in [0.4, 0.5) is 8.78 Å². The van der Waals surface area contributed by atoms with Crippen molar-refractivity contribution in [3.05, 3.63) is 58.6 Å². The number of rotatable bonds is 1. The second kappa shape index (κ2) is 4.22. The Morgan fingerprint density at radius 3 is 2.38 bits per heavy atom. The topological polar surface area (TPSA) is 0 Å². The van der Waals surface area contributed by atoms with Crippen molar-refractivity contribution in [3.8, 4) is 11.1 Å². The van der Waals surface area contributed by atoms with Gasteiger partial charge in [-0.2, -0.15) is 0 Å². The molecule has 16 heavy (non-hydrogen) atoms. The Morgan fingerprint density at radius 2 is 1.69 bits per heavy atom. The van der Waals surface area contributed by atoms with Crippen molar-refractivity contribution in [2.45, 2.75) is 6.92 Å². The smallest absolute Gasteiger partial charge is 0.132 e. The second-order valence-electron chi connectivity index (χ2n) is 3.58. The van der Waals surface area contributed by atoms with Crippen LogP contribution in [-0.2, 0) is 0 Å². The SMILES string of the molecule is Cc1ccc(F)cc1-c1ccc(Cl)cc1F. The molecule has 0 N–H and O–H groups in total. The molecule has 0 amide bonds. The van der Waals surface area contributed by atoms with Crippen molar-refractivity contribution in [3.63, 3.8) is 0 Å². The van der Waals surface area contributed by atoms with E-state index >= 15 is 0 Å². The number of hydrogen-bond donors (Lipinski definition) is 0. The highest BCUT2D eigenvalue weighted by Gasteiger charge is 2.09. The summed E-state index contributed by atoms with van der Waals surface area (Å²) in [6.07, 6.45) is 0. The van der Waals surface area contributed by atoms with Crippen molar-refractivity contribution >= 4 is 11.6 Å². The lowest BCUT2D eigenvalue weighted by Gasteiger charge is -2.07. The molecular weight excluding hydrogens is 230 g/mol. The standard InChI is InChI=1S/C13H9ClF2/c1-8-2-4-10(15)7-12(8)11-5-3-9(14)6-13(11)16/h2-7H,1H3. The van der Waals surface area contributed by atoms with Crippen molar-refractivity contribution in [1.29, 1.82) is 0 Å². The molecule has 82 valence electrons. The lowest BCUT2D eigenvalue weighted by atomic mass is 10.00. The zero-order chi connectivity index (χ0) is 11.7. The van der Waals surface area contributed by atoms with Gasteiger partial charge in [0.25, 0.3) is 0 Å². The minimum Gasteiger partial charge on any atom is -0.207 e. The van der Waals surface area contributed by atoms with Crippen LogP contribution >= 0.6 is 11.6 Å². The van der Waals surface area contributed by atoms with E-state index in [0.29, 0.717) is 16.1 Å². The third-order valence-corrected chi connectivity index (χ3v) is 2.66. The summed E-state index contributed by atoms with van der Waals surface area (Å²) < 4.78 is 26.7. The molecule has 0 atom stereocenters. The first-order valence-electron chi connectivity index (χ1n) is 4.79. The van der Waals surface area contributed by atoms with Gasteiger partial charge in [0.2, 0.25) is 0 Å². The van der Waals surface area contributed by atoms with Crippen LogP contribution < -0.4 is 0 Å². The predicted octanol–water partition coefficient (Wildman–Crippen LogP) is 4.59. The van der Waals surface area contributed by atoms with Gasteiger partial charge in [0.15, 0.2) is 0 Å². The second-order valence-corrected chi connectivity index (χ2v) is 4.02. The monoisotopic (exact) mass is 238 g/mol. The first-order valence-corrected chi connectivity index (χ1v) is 5.17. The first kappa shape index (κ1) is 11.1. The van der Waals surface area contributed by atoms with E-state index in [1.54, 1.807) is 18.2 Å². The Hall–Kier alpha value is -1.41. The van der Waals surface area contributed by atoms with E-state index in [2.05, 4.69) is 0 Å². The predicted molar refractivity (Wildman–Crippen MR) is 61.5 cm³/mol. The molecule has 0 nitrogen and oxygen atoms in total. The van der Waals surface area contributed by atoms with Gasteiger partial charge in [0.05, 0.1) is 0 Å². The average Bonchev–Trinajstić information content (AvgIpc) is 2.22. The molecule has 2 rings (SSSR count). The van der Waals surface area contributed by atoms with E-state index in [1.165, 1.54) is 18.2 Å². The highest BCUT2D eigenvalue weighted by Crippen LogP contribution is 2.28. The van der Waals surface area contributed by atoms with Crippen LogP contribution in [-0.4, -0.2) is 0 Å². The van der Waals surface area contributed by atoms with Crippen LogP contribution in [0.1, 0.15) is 5.56 Å². The molecule has 0 bridgehead atoms. The van der Waals surface area contributed by atoms with Crippen LogP contribution in [0, 0.1) is 18.6 Å². The Labute approximate surface area is 97.5 Å². The molecule has 0 aliphatic heterocycles. The summed E-state index contributed by atoms with van der Waals surface area (Å²) in [5.74, 6) is -0.823. The Bertz CT molecular complexity index is 535. The molecule has 0 fully saturated rings. The molecule has 2 aromatic carbocycles. The quantitative estimate of drug-likeness (QED) is 0.682. The summed E-state index contributed by atoms with van der Waals surface area (Å²) in [4.78, 5) is 0. The molecule has 0 saturated heterocycles. The van der Waals surface area contributed by atoms with E-state index in [9.17, 15) is 8.78 Å². The van der Waals surface area contributed by atoms with Gasteiger partial charge in [-0.15, -0.1) is 0 Å². The minimum atomic E-state index is -0.443. The van der Waals surface area contributed by atoms with Crippen LogP contribution in [0.3, 0.4) is 0 Å². The van der Waals surface area contributed by atoms with Gasteiger partial charge >= 0.3 is 0 Å². The van der Waals surface area contributed by atoms with Crippen molar-refractivity contribution in [2.75, 3.05) is 0 Å². The van der Waals surface area contributed by atoms with Gasteiger partial charge in [0.1, 0.15) is 11.6 Å². The average molecular weight is 239 g/mol. The zero-order valence-corrected chi connectivity index (χ0v) is 9.35. The summed E-state index contributed by atoms with van der Waals surface area (Å²) in [6, 6.07) is 8.66. The summed E-state index contributed by atoms with van der Waals surface area (Å²) >= 11 is 5.66. The lowest BCUT2D eigenvalue weighted by molar-refractivity contribution is 0.624. The summed E-state index contributed by atoms with van der Waals surface area (Å²) in [6.45, 7) is 1.81. The summed E-state index contributed by atoms with van der Waals surface area (Å²) in [5, 5.41) is 0.329.